The Morgan fingerprint density at radius 2 is 1.97 bits per heavy atom. The lowest BCUT2D eigenvalue weighted by molar-refractivity contribution is -0.383. The Bertz CT molecular complexity index is 1210. The summed E-state index contributed by atoms with van der Waals surface area (Å²) in [6.07, 6.45) is 5.01. The van der Waals surface area contributed by atoms with Crippen LogP contribution in [-0.2, 0) is 0 Å². The second-order valence-electron chi connectivity index (χ2n) is 6.26. The van der Waals surface area contributed by atoms with Gasteiger partial charge in [-0.15, -0.1) is 11.3 Å². The van der Waals surface area contributed by atoms with E-state index in [1.807, 2.05) is 0 Å². The van der Waals surface area contributed by atoms with Crippen LogP contribution >= 0.6 is 34.5 Å². The maximum atomic E-state index is 11.0. The minimum atomic E-state index is -0.412. The number of imidazole rings is 1. The van der Waals surface area contributed by atoms with Crippen molar-refractivity contribution < 1.29 is 4.92 Å². The number of nitro groups is 1. The van der Waals surface area contributed by atoms with Crippen LogP contribution in [0.4, 0.5) is 16.6 Å². The van der Waals surface area contributed by atoms with Crippen molar-refractivity contribution in [3.63, 3.8) is 0 Å². The lowest BCUT2D eigenvalue weighted by Gasteiger charge is -2.12. The van der Waals surface area contributed by atoms with Gasteiger partial charge < -0.3 is 15.6 Å². The molecule has 4 aromatic rings. The Balaban J connectivity index is 1.54. The number of H-pyrrole nitrogens is 1. The molecule has 9 nitrogen and oxygen atoms in total. The van der Waals surface area contributed by atoms with Crippen molar-refractivity contribution >= 4 is 51.2 Å². The van der Waals surface area contributed by atoms with Crippen molar-refractivity contribution in [1.29, 1.82) is 0 Å². The van der Waals surface area contributed by atoms with Gasteiger partial charge in [0.2, 0.25) is 5.95 Å². The molecule has 0 radical (unpaired) electrons. The van der Waals surface area contributed by atoms with Gasteiger partial charge >= 0.3 is 5.69 Å². The first kappa shape index (κ1) is 21.0. The average molecular weight is 476 g/mol. The molecule has 4 rings (SSSR count). The molecule has 0 aliphatic carbocycles. The number of rotatable bonds is 8. The van der Waals surface area contributed by atoms with E-state index in [1.54, 1.807) is 42.2 Å². The van der Waals surface area contributed by atoms with Gasteiger partial charge in [0.25, 0.3) is 0 Å². The highest BCUT2D eigenvalue weighted by molar-refractivity contribution is 7.14. The standard InChI is InChI=1S/C19H15Cl2N7O2S/c20-11-1-2-12(14(21)9-11)16-13(17-22-4-5-23-17)10-26-19(27-16)25-7-6-24-18-15(28(29)30)3-8-31-18/h1-5,8-10,24H,6-7H2,(H,22,23)(H,25,26,27). The molecule has 0 saturated carbocycles. The normalized spacial score (nSPS) is 10.8. The molecule has 0 bridgehead atoms. The maximum absolute atomic E-state index is 11.0. The smallest absolute Gasteiger partial charge is 0.303 e. The zero-order chi connectivity index (χ0) is 21.8. The molecule has 0 aliphatic rings. The summed E-state index contributed by atoms with van der Waals surface area (Å²) in [6.45, 7) is 0.893. The fraction of sp³-hybridized carbons (Fsp3) is 0.105. The van der Waals surface area contributed by atoms with Gasteiger partial charge in [0.15, 0.2) is 5.00 Å². The van der Waals surface area contributed by atoms with Crippen molar-refractivity contribution in [2.24, 2.45) is 0 Å². The van der Waals surface area contributed by atoms with Crippen LogP contribution in [0.1, 0.15) is 0 Å². The zero-order valence-corrected chi connectivity index (χ0v) is 18.1. The molecule has 12 heteroatoms. The van der Waals surface area contributed by atoms with Crippen LogP contribution in [-0.4, -0.2) is 37.9 Å². The van der Waals surface area contributed by atoms with Crippen LogP contribution in [0.3, 0.4) is 0 Å². The first-order valence-corrected chi connectivity index (χ1v) is 10.7. The maximum Gasteiger partial charge on any atom is 0.303 e. The molecule has 3 N–H and O–H groups in total. The number of halogens is 2. The van der Waals surface area contributed by atoms with Crippen molar-refractivity contribution in [3.8, 4) is 22.6 Å². The molecule has 0 fully saturated rings. The van der Waals surface area contributed by atoms with Gasteiger partial charge in [0.05, 0.1) is 21.2 Å². The number of thiophene rings is 1. The summed E-state index contributed by atoms with van der Waals surface area (Å²) < 4.78 is 0. The lowest BCUT2D eigenvalue weighted by Crippen LogP contribution is -2.15. The minimum absolute atomic E-state index is 0.0590. The first-order chi connectivity index (χ1) is 15.0. The number of aromatic nitrogens is 4. The van der Waals surface area contributed by atoms with Crippen LogP contribution in [0, 0.1) is 10.1 Å². The predicted octanol–water partition coefficient (Wildman–Crippen LogP) is 5.33. The quantitative estimate of drug-likeness (QED) is 0.178. The summed E-state index contributed by atoms with van der Waals surface area (Å²) in [7, 11) is 0. The molecule has 0 unspecified atom stereocenters. The third kappa shape index (κ3) is 4.76. The first-order valence-electron chi connectivity index (χ1n) is 9.05. The summed E-state index contributed by atoms with van der Waals surface area (Å²) in [5.41, 5.74) is 2.03. The highest BCUT2D eigenvalue weighted by Crippen LogP contribution is 2.35. The van der Waals surface area contributed by atoms with Gasteiger partial charge in [-0.3, -0.25) is 10.1 Å². The Kier molecular flexibility index (Phi) is 6.31. The topological polar surface area (TPSA) is 122 Å². The summed E-state index contributed by atoms with van der Waals surface area (Å²) in [5, 5.41) is 20.3. The van der Waals surface area contributed by atoms with Crippen LogP contribution < -0.4 is 10.6 Å². The van der Waals surface area contributed by atoms with Crippen LogP contribution in [0.25, 0.3) is 22.6 Å². The summed E-state index contributed by atoms with van der Waals surface area (Å²) in [5.74, 6) is 0.998. The van der Waals surface area contributed by atoms with Gasteiger partial charge in [0, 0.05) is 48.3 Å². The summed E-state index contributed by atoms with van der Waals surface area (Å²) >= 11 is 13.7. The molecular formula is C19H15Cl2N7O2S. The third-order valence-electron chi connectivity index (χ3n) is 4.26. The van der Waals surface area contributed by atoms with Crippen molar-refractivity contribution in [1.82, 2.24) is 19.9 Å². The molecule has 0 aliphatic heterocycles. The molecule has 0 saturated heterocycles. The number of benzene rings is 1. The molecule has 3 aromatic heterocycles. The van der Waals surface area contributed by atoms with Crippen LogP contribution in [0.5, 0.6) is 0 Å². The number of nitrogens with zero attached hydrogens (tertiary/aromatic N) is 4. The Morgan fingerprint density at radius 3 is 2.71 bits per heavy atom. The minimum Gasteiger partial charge on any atom is -0.370 e. The monoisotopic (exact) mass is 475 g/mol. The SMILES string of the molecule is O=[N+]([O-])c1ccsc1NCCNc1ncc(-c2ncc[nH]2)c(-c2ccc(Cl)cc2Cl)n1. The van der Waals surface area contributed by atoms with E-state index in [1.165, 1.54) is 17.4 Å². The number of anilines is 2. The molecule has 0 atom stereocenters. The number of aromatic amines is 1. The molecule has 1 aromatic carbocycles. The second-order valence-corrected chi connectivity index (χ2v) is 8.02. The highest BCUT2D eigenvalue weighted by Gasteiger charge is 2.17. The molecule has 0 amide bonds. The van der Waals surface area contributed by atoms with Crippen LogP contribution in [0.2, 0.25) is 10.0 Å². The van der Waals surface area contributed by atoms with Gasteiger partial charge in [-0.25, -0.2) is 15.0 Å². The van der Waals surface area contributed by atoms with E-state index >= 15 is 0 Å². The Morgan fingerprint density at radius 1 is 1.13 bits per heavy atom. The fourth-order valence-electron chi connectivity index (χ4n) is 2.87. The average Bonchev–Trinajstić information content (AvgIpc) is 3.43. The van der Waals surface area contributed by atoms with Gasteiger partial charge in [-0.1, -0.05) is 23.2 Å². The van der Waals surface area contributed by atoms with E-state index in [9.17, 15) is 10.1 Å². The lowest BCUT2D eigenvalue weighted by atomic mass is 10.1. The van der Waals surface area contributed by atoms with E-state index in [0.29, 0.717) is 56.7 Å². The number of hydrogen-bond donors (Lipinski definition) is 3. The van der Waals surface area contributed by atoms with Crippen molar-refractivity contribution in [2.75, 3.05) is 23.7 Å². The largest absolute Gasteiger partial charge is 0.370 e. The van der Waals surface area contributed by atoms with Crippen molar-refractivity contribution in [2.45, 2.75) is 0 Å². The predicted molar refractivity (Wildman–Crippen MR) is 123 cm³/mol. The van der Waals surface area contributed by atoms with Crippen LogP contribution in [0.15, 0.2) is 48.2 Å². The van der Waals surface area contributed by atoms with E-state index in [-0.39, 0.29) is 5.69 Å². The van der Waals surface area contributed by atoms with Gasteiger partial charge in [-0.05, 0) is 23.6 Å². The van der Waals surface area contributed by atoms with Gasteiger partial charge in [-0.2, -0.15) is 0 Å². The van der Waals surface area contributed by atoms with E-state index in [2.05, 4.69) is 30.6 Å². The number of hydrogen-bond acceptors (Lipinski definition) is 8. The van der Waals surface area contributed by atoms with Gasteiger partial charge in [0.1, 0.15) is 5.82 Å². The molecule has 31 heavy (non-hydrogen) atoms. The molecule has 3 heterocycles. The summed E-state index contributed by atoms with van der Waals surface area (Å²) in [6, 6.07) is 6.65. The van der Waals surface area contributed by atoms with E-state index in [0.717, 1.165) is 0 Å². The molecule has 0 spiro atoms. The zero-order valence-electron chi connectivity index (χ0n) is 15.8. The highest BCUT2D eigenvalue weighted by atomic mass is 35.5. The van der Waals surface area contributed by atoms with E-state index in [4.69, 9.17) is 23.2 Å². The fourth-order valence-corrected chi connectivity index (χ4v) is 4.15. The van der Waals surface area contributed by atoms with E-state index < -0.39 is 4.92 Å². The summed E-state index contributed by atoms with van der Waals surface area (Å²) in [4.78, 5) is 26.9. The molecular weight excluding hydrogens is 461 g/mol. The Hall–Kier alpha value is -3.21. The second kappa shape index (κ2) is 9.29. The third-order valence-corrected chi connectivity index (χ3v) is 5.67. The molecule has 158 valence electrons. The van der Waals surface area contributed by atoms with Crippen molar-refractivity contribution in [3.05, 3.63) is 68.4 Å². The number of nitrogens with one attached hydrogen (secondary N) is 3. The Labute approximate surface area is 190 Å².